The van der Waals surface area contributed by atoms with Gasteiger partial charge in [0.15, 0.2) is 0 Å². The highest BCUT2D eigenvalue weighted by Crippen LogP contribution is 2.22. The third kappa shape index (κ3) is 1.10. The molecular formula is C7H16N2. The van der Waals surface area contributed by atoms with Crippen molar-refractivity contribution in [2.75, 3.05) is 20.6 Å². The fourth-order valence-electron chi connectivity index (χ4n) is 1.41. The lowest BCUT2D eigenvalue weighted by Gasteiger charge is -2.31. The Morgan fingerprint density at radius 2 is 2.22 bits per heavy atom. The molecule has 2 nitrogen and oxygen atoms in total. The highest BCUT2D eigenvalue weighted by Gasteiger charge is 2.31. The Kier molecular flexibility index (Phi) is 1.78. The molecule has 0 aromatic heterocycles. The van der Waals surface area contributed by atoms with Gasteiger partial charge < -0.3 is 5.32 Å². The first kappa shape index (κ1) is 7.03. The average Bonchev–Trinajstić information content (AvgIpc) is 2.15. The average molecular weight is 128 g/mol. The predicted octanol–water partition coefficient (Wildman–Crippen LogP) is 0.648. The summed E-state index contributed by atoms with van der Waals surface area (Å²) in [5.74, 6) is 0. The van der Waals surface area contributed by atoms with Crippen molar-refractivity contribution in [3.63, 3.8) is 0 Å². The molecule has 0 saturated carbocycles. The van der Waals surface area contributed by atoms with Crippen LogP contribution in [0, 0.1) is 0 Å². The summed E-state index contributed by atoms with van der Waals surface area (Å²) in [5, 5.41) is 3.32. The zero-order chi connectivity index (χ0) is 6.91. The van der Waals surface area contributed by atoms with Gasteiger partial charge in [0.2, 0.25) is 0 Å². The molecule has 0 aromatic rings. The molecule has 1 unspecified atom stereocenters. The third-order valence-corrected chi connectivity index (χ3v) is 2.54. The number of rotatable bonds is 1. The summed E-state index contributed by atoms with van der Waals surface area (Å²) < 4.78 is 0. The molecule has 54 valence electrons. The maximum absolute atomic E-state index is 3.32. The summed E-state index contributed by atoms with van der Waals surface area (Å²) in [5.41, 5.74) is 0.278. The summed E-state index contributed by atoms with van der Waals surface area (Å²) in [6.07, 6.45) is 2.60. The standard InChI is InChI=1S/C7H16N2/c1-7(8-2)5-4-6-9(7)3/h8H,4-6H2,1-3H3. The van der Waals surface area contributed by atoms with E-state index in [1.165, 1.54) is 19.4 Å². The first-order valence-corrected chi connectivity index (χ1v) is 3.59. The Morgan fingerprint density at radius 3 is 2.44 bits per heavy atom. The minimum absolute atomic E-state index is 0.278. The van der Waals surface area contributed by atoms with Gasteiger partial charge in [0.1, 0.15) is 0 Å². The monoisotopic (exact) mass is 128 g/mol. The van der Waals surface area contributed by atoms with Crippen molar-refractivity contribution < 1.29 is 0 Å². The maximum Gasteiger partial charge on any atom is 0.0678 e. The lowest BCUT2D eigenvalue weighted by Crippen LogP contribution is -2.49. The van der Waals surface area contributed by atoms with Gasteiger partial charge in [-0.1, -0.05) is 0 Å². The Labute approximate surface area is 57.2 Å². The molecule has 1 saturated heterocycles. The van der Waals surface area contributed by atoms with Crippen LogP contribution in [-0.4, -0.2) is 31.2 Å². The molecule has 1 rings (SSSR count). The van der Waals surface area contributed by atoms with Crippen LogP contribution in [0.25, 0.3) is 0 Å². The van der Waals surface area contributed by atoms with Crippen molar-refractivity contribution in [3.05, 3.63) is 0 Å². The normalized spacial score (nSPS) is 37.7. The Hall–Kier alpha value is -0.0800. The zero-order valence-electron chi connectivity index (χ0n) is 6.57. The van der Waals surface area contributed by atoms with Gasteiger partial charge in [-0.3, -0.25) is 4.90 Å². The molecule has 1 atom stereocenters. The van der Waals surface area contributed by atoms with Crippen LogP contribution in [0.15, 0.2) is 0 Å². The summed E-state index contributed by atoms with van der Waals surface area (Å²) >= 11 is 0. The molecule has 0 aromatic carbocycles. The molecule has 0 bridgehead atoms. The largest absolute Gasteiger partial charge is 0.302 e. The summed E-state index contributed by atoms with van der Waals surface area (Å²) in [6, 6.07) is 0. The van der Waals surface area contributed by atoms with Crippen LogP contribution in [-0.2, 0) is 0 Å². The third-order valence-electron chi connectivity index (χ3n) is 2.54. The van der Waals surface area contributed by atoms with E-state index in [1.54, 1.807) is 0 Å². The van der Waals surface area contributed by atoms with Crippen LogP contribution < -0.4 is 5.32 Å². The fraction of sp³-hybridized carbons (Fsp3) is 1.00. The molecule has 1 aliphatic heterocycles. The first-order valence-electron chi connectivity index (χ1n) is 3.59. The van der Waals surface area contributed by atoms with Gasteiger partial charge in [-0.2, -0.15) is 0 Å². The van der Waals surface area contributed by atoms with Crippen molar-refractivity contribution in [1.29, 1.82) is 0 Å². The van der Waals surface area contributed by atoms with Crippen LogP contribution in [0.4, 0.5) is 0 Å². The van der Waals surface area contributed by atoms with E-state index in [2.05, 4.69) is 24.2 Å². The SMILES string of the molecule is CNC1(C)CCCN1C. The van der Waals surface area contributed by atoms with Crippen molar-refractivity contribution in [2.45, 2.75) is 25.4 Å². The fourth-order valence-corrected chi connectivity index (χ4v) is 1.41. The highest BCUT2D eigenvalue weighted by molar-refractivity contribution is 4.85. The van der Waals surface area contributed by atoms with Crippen LogP contribution in [0.2, 0.25) is 0 Å². The molecule has 0 spiro atoms. The Balaban J connectivity index is 2.56. The van der Waals surface area contributed by atoms with E-state index in [4.69, 9.17) is 0 Å². The summed E-state index contributed by atoms with van der Waals surface area (Å²) in [4.78, 5) is 2.37. The van der Waals surface area contributed by atoms with Gasteiger partial charge in [-0.25, -0.2) is 0 Å². The van der Waals surface area contributed by atoms with Crippen molar-refractivity contribution >= 4 is 0 Å². The molecule has 9 heavy (non-hydrogen) atoms. The number of hydrogen-bond acceptors (Lipinski definition) is 2. The second kappa shape index (κ2) is 2.27. The molecule has 0 amide bonds. The Bertz CT molecular complexity index is 103. The van der Waals surface area contributed by atoms with Crippen LogP contribution in [0.3, 0.4) is 0 Å². The minimum Gasteiger partial charge on any atom is -0.302 e. The van der Waals surface area contributed by atoms with Gasteiger partial charge in [0, 0.05) is 0 Å². The zero-order valence-corrected chi connectivity index (χ0v) is 6.57. The number of nitrogens with zero attached hydrogens (tertiary/aromatic N) is 1. The van der Waals surface area contributed by atoms with Gasteiger partial charge in [0.25, 0.3) is 0 Å². The lowest BCUT2D eigenvalue weighted by atomic mass is 10.1. The summed E-state index contributed by atoms with van der Waals surface area (Å²) in [7, 11) is 4.20. The molecule has 1 fully saturated rings. The molecule has 0 radical (unpaired) electrons. The first-order chi connectivity index (χ1) is 4.19. The topological polar surface area (TPSA) is 15.3 Å². The number of likely N-dealkylation sites (tertiary alicyclic amines) is 1. The maximum atomic E-state index is 3.32. The molecule has 1 heterocycles. The van der Waals surface area contributed by atoms with Gasteiger partial charge in [0.05, 0.1) is 5.66 Å². The van der Waals surface area contributed by atoms with Gasteiger partial charge in [-0.05, 0) is 40.4 Å². The van der Waals surface area contributed by atoms with Crippen LogP contribution in [0.5, 0.6) is 0 Å². The molecule has 0 aliphatic carbocycles. The van der Waals surface area contributed by atoms with E-state index in [-0.39, 0.29) is 5.66 Å². The number of hydrogen-bond donors (Lipinski definition) is 1. The van der Waals surface area contributed by atoms with E-state index >= 15 is 0 Å². The van der Waals surface area contributed by atoms with Gasteiger partial charge >= 0.3 is 0 Å². The van der Waals surface area contributed by atoms with Crippen molar-refractivity contribution in [1.82, 2.24) is 10.2 Å². The van der Waals surface area contributed by atoms with E-state index < -0.39 is 0 Å². The van der Waals surface area contributed by atoms with Crippen LogP contribution in [0.1, 0.15) is 19.8 Å². The number of nitrogens with one attached hydrogen (secondary N) is 1. The quantitative estimate of drug-likeness (QED) is 0.557. The molecule has 2 heteroatoms. The van der Waals surface area contributed by atoms with E-state index in [9.17, 15) is 0 Å². The van der Waals surface area contributed by atoms with E-state index in [1.807, 2.05) is 7.05 Å². The minimum atomic E-state index is 0.278. The molecular weight excluding hydrogens is 112 g/mol. The van der Waals surface area contributed by atoms with Crippen LogP contribution >= 0.6 is 0 Å². The van der Waals surface area contributed by atoms with E-state index in [0.717, 1.165) is 0 Å². The predicted molar refractivity (Wildman–Crippen MR) is 39.3 cm³/mol. The molecule has 1 aliphatic rings. The Morgan fingerprint density at radius 1 is 1.56 bits per heavy atom. The van der Waals surface area contributed by atoms with Crippen molar-refractivity contribution in [3.8, 4) is 0 Å². The summed E-state index contributed by atoms with van der Waals surface area (Å²) in [6.45, 7) is 3.48. The lowest BCUT2D eigenvalue weighted by molar-refractivity contribution is 0.162. The smallest absolute Gasteiger partial charge is 0.0678 e. The van der Waals surface area contributed by atoms with Crippen molar-refractivity contribution in [2.24, 2.45) is 0 Å². The second-order valence-electron chi connectivity index (χ2n) is 3.05. The highest BCUT2D eigenvalue weighted by atomic mass is 15.3. The van der Waals surface area contributed by atoms with E-state index in [0.29, 0.717) is 0 Å². The second-order valence-corrected chi connectivity index (χ2v) is 3.05. The molecule has 1 N–H and O–H groups in total. The van der Waals surface area contributed by atoms with Gasteiger partial charge in [-0.15, -0.1) is 0 Å².